The molecular formula is C11H13N3O2S2. The summed E-state index contributed by atoms with van der Waals surface area (Å²) in [6.45, 7) is 2.61. The van der Waals surface area contributed by atoms with E-state index in [0.29, 0.717) is 17.0 Å². The minimum atomic E-state index is -3.67. The Morgan fingerprint density at radius 3 is 2.61 bits per heavy atom. The van der Waals surface area contributed by atoms with Crippen LogP contribution in [0.25, 0.3) is 0 Å². The molecule has 18 heavy (non-hydrogen) atoms. The van der Waals surface area contributed by atoms with Gasteiger partial charge in [-0.3, -0.25) is 0 Å². The molecule has 1 aromatic carbocycles. The average molecular weight is 283 g/mol. The van der Waals surface area contributed by atoms with E-state index in [-0.39, 0.29) is 4.90 Å². The number of anilines is 1. The van der Waals surface area contributed by atoms with Crippen LogP contribution in [-0.2, 0) is 16.6 Å². The second kappa shape index (κ2) is 4.95. The first-order valence-corrected chi connectivity index (χ1v) is 7.65. The summed E-state index contributed by atoms with van der Waals surface area (Å²) in [6.07, 6.45) is 1.81. The molecule has 1 heterocycles. The molecule has 96 valence electrons. The fourth-order valence-electron chi connectivity index (χ4n) is 1.41. The fraction of sp³-hybridized carbons (Fsp3) is 0.182. The van der Waals surface area contributed by atoms with E-state index in [0.717, 1.165) is 0 Å². The summed E-state index contributed by atoms with van der Waals surface area (Å²) in [7, 11) is -3.67. The van der Waals surface area contributed by atoms with Crippen molar-refractivity contribution in [3.63, 3.8) is 0 Å². The Bertz CT molecular complexity index is 696. The van der Waals surface area contributed by atoms with Crippen molar-refractivity contribution in [2.45, 2.75) is 18.4 Å². The van der Waals surface area contributed by atoms with E-state index in [1.54, 1.807) is 22.1 Å². The van der Waals surface area contributed by atoms with E-state index in [1.807, 2.05) is 13.1 Å². The summed E-state index contributed by atoms with van der Waals surface area (Å²) >= 11 is 1.29. The van der Waals surface area contributed by atoms with Gasteiger partial charge in [-0.2, -0.15) is 8.42 Å². The molecule has 1 aromatic heterocycles. The van der Waals surface area contributed by atoms with E-state index in [1.165, 1.54) is 23.5 Å². The summed E-state index contributed by atoms with van der Waals surface area (Å²) < 4.78 is 29.7. The highest BCUT2D eigenvalue weighted by molar-refractivity contribution is 7.90. The van der Waals surface area contributed by atoms with Crippen LogP contribution < -0.4 is 10.5 Å². The zero-order chi connectivity index (χ0) is 13.2. The van der Waals surface area contributed by atoms with Crippen LogP contribution in [-0.4, -0.2) is 13.0 Å². The minimum absolute atomic E-state index is 0.146. The molecule has 2 rings (SSSR count). The number of nitrogen functional groups attached to an aromatic ring is 1. The lowest BCUT2D eigenvalue weighted by Gasteiger charge is -2.00. The molecule has 5 nitrogen and oxygen atoms in total. The van der Waals surface area contributed by atoms with Crippen molar-refractivity contribution in [1.29, 1.82) is 0 Å². The Hall–Kier alpha value is -1.60. The molecule has 2 aromatic rings. The maximum atomic E-state index is 12.1. The smallest absolute Gasteiger partial charge is 0.285 e. The quantitative estimate of drug-likeness (QED) is 0.866. The van der Waals surface area contributed by atoms with Crippen LogP contribution in [0, 0.1) is 0 Å². The number of sulfonamides is 1. The molecule has 0 aliphatic rings. The Labute approximate surface area is 109 Å². The first-order chi connectivity index (χ1) is 8.53. The number of thiazole rings is 1. The van der Waals surface area contributed by atoms with Crippen molar-refractivity contribution in [3.8, 4) is 0 Å². The lowest BCUT2D eigenvalue weighted by molar-refractivity contribution is 0.595. The second-order valence-electron chi connectivity index (χ2n) is 3.61. The Morgan fingerprint density at radius 2 is 2.00 bits per heavy atom. The van der Waals surface area contributed by atoms with Gasteiger partial charge in [-0.25, -0.2) is 0 Å². The molecule has 0 aliphatic heterocycles. The highest BCUT2D eigenvalue weighted by Crippen LogP contribution is 2.13. The number of benzene rings is 1. The van der Waals surface area contributed by atoms with Gasteiger partial charge >= 0.3 is 0 Å². The number of aryl methyl sites for hydroxylation is 1. The molecule has 2 N–H and O–H groups in total. The number of hydrogen-bond acceptors (Lipinski definition) is 4. The fourth-order valence-corrected chi connectivity index (χ4v) is 3.42. The third kappa shape index (κ3) is 2.62. The zero-order valence-electron chi connectivity index (χ0n) is 9.78. The van der Waals surface area contributed by atoms with Gasteiger partial charge in [0, 0.05) is 23.8 Å². The SMILES string of the molecule is CCn1ccs/c1=N\S(=O)(=O)c1ccc(N)cc1. The monoisotopic (exact) mass is 283 g/mol. The van der Waals surface area contributed by atoms with Gasteiger partial charge in [-0.05, 0) is 31.2 Å². The molecule has 0 fully saturated rings. The largest absolute Gasteiger partial charge is 0.399 e. The molecule has 0 saturated heterocycles. The molecule has 0 unspecified atom stereocenters. The van der Waals surface area contributed by atoms with Crippen LogP contribution in [0.2, 0.25) is 0 Å². The number of nitrogens with two attached hydrogens (primary N) is 1. The third-order valence-electron chi connectivity index (χ3n) is 2.38. The number of aromatic nitrogens is 1. The lowest BCUT2D eigenvalue weighted by Crippen LogP contribution is -2.15. The van der Waals surface area contributed by atoms with Crippen molar-refractivity contribution >= 4 is 27.0 Å². The van der Waals surface area contributed by atoms with E-state index in [2.05, 4.69) is 4.40 Å². The van der Waals surface area contributed by atoms with E-state index in [9.17, 15) is 8.42 Å². The lowest BCUT2D eigenvalue weighted by atomic mass is 10.3. The van der Waals surface area contributed by atoms with Gasteiger partial charge in [0.2, 0.25) is 4.80 Å². The number of nitrogens with zero attached hydrogens (tertiary/aromatic N) is 2. The molecule has 0 atom stereocenters. The summed E-state index contributed by atoms with van der Waals surface area (Å²) in [5, 5.41) is 1.81. The van der Waals surface area contributed by atoms with Crippen molar-refractivity contribution in [2.24, 2.45) is 4.40 Å². The summed E-state index contributed by atoms with van der Waals surface area (Å²) in [4.78, 5) is 0.613. The van der Waals surface area contributed by atoms with Crippen molar-refractivity contribution < 1.29 is 8.42 Å². The van der Waals surface area contributed by atoms with Crippen LogP contribution in [0.3, 0.4) is 0 Å². The normalized spacial score (nSPS) is 12.8. The van der Waals surface area contributed by atoms with Crippen LogP contribution in [0.1, 0.15) is 6.92 Å². The average Bonchev–Trinajstić information content (AvgIpc) is 2.76. The number of hydrogen-bond donors (Lipinski definition) is 1. The Morgan fingerprint density at radius 1 is 1.33 bits per heavy atom. The van der Waals surface area contributed by atoms with Crippen LogP contribution in [0.15, 0.2) is 45.1 Å². The highest BCUT2D eigenvalue weighted by atomic mass is 32.2. The van der Waals surface area contributed by atoms with Gasteiger partial charge in [0.05, 0.1) is 4.90 Å². The molecule has 0 spiro atoms. The molecule has 0 saturated carbocycles. The number of rotatable bonds is 3. The van der Waals surface area contributed by atoms with Crippen LogP contribution >= 0.6 is 11.3 Å². The topological polar surface area (TPSA) is 77.5 Å². The molecule has 0 amide bonds. The first-order valence-electron chi connectivity index (χ1n) is 5.33. The van der Waals surface area contributed by atoms with Gasteiger partial charge in [0.1, 0.15) is 0 Å². The van der Waals surface area contributed by atoms with E-state index < -0.39 is 10.0 Å². The molecule has 0 radical (unpaired) electrons. The molecular weight excluding hydrogens is 270 g/mol. The minimum Gasteiger partial charge on any atom is -0.399 e. The third-order valence-corrected chi connectivity index (χ3v) is 4.57. The zero-order valence-corrected chi connectivity index (χ0v) is 11.4. The van der Waals surface area contributed by atoms with E-state index in [4.69, 9.17) is 5.73 Å². The Balaban J connectivity index is 2.51. The standard InChI is InChI=1S/C11H13N3O2S2/c1-2-14-7-8-17-11(14)13-18(15,16)10-5-3-9(12)4-6-10/h3-8H,2,12H2,1H3/b13-11-. The highest BCUT2D eigenvalue weighted by Gasteiger charge is 2.12. The van der Waals surface area contributed by atoms with Crippen molar-refractivity contribution in [2.75, 3.05) is 5.73 Å². The predicted octanol–water partition coefficient (Wildman–Crippen LogP) is 1.44. The molecule has 0 bridgehead atoms. The maximum Gasteiger partial charge on any atom is 0.285 e. The van der Waals surface area contributed by atoms with Crippen molar-refractivity contribution in [1.82, 2.24) is 4.57 Å². The van der Waals surface area contributed by atoms with Gasteiger partial charge in [0.15, 0.2) is 0 Å². The van der Waals surface area contributed by atoms with Crippen LogP contribution in [0.4, 0.5) is 5.69 Å². The van der Waals surface area contributed by atoms with Crippen molar-refractivity contribution in [3.05, 3.63) is 40.6 Å². The summed E-state index contributed by atoms with van der Waals surface area (Å²) in [5.41, 5.74) is 6.05. The van der Waals surface area contributed by atoms with Gasteiger partial charge < -0.3 is 10.3 Å². The van der Waals surface area contributed by atoms with Gasteiger partial charge in [0.25, 0.3) is 10.0 Å². The molecule has 0 aliphatic carbocycles. The predicted molar refractivity (Wildman–Crippen MR) is 71.6 cm³/mol. The summed E-state index contributed by atoms with van der Waals surface area (Å²) in [6, 6.07) is 6.01. The summed E-state index contributed by atoms with van der Waals surface area (Å²) in [5.74, 6) is 0. The second-order valence-corrected chi connectivity index (χ2v) is 6.08. The van der Waals surface area contributed by atoms with Gasteiger partial charge in [-0.1, -0.05) is 0 Å². The van der Waals surface area contributed by atoms with Gasteiger partial charge in [-0.15, -0.1) is 15.7 Å². The molecule has 7 heteroatoms. The maximum absolute atomic E-state index is 12.1. The van der Waals surface area contributed by atoms with Crippen LogP contribution in [0.5, 0.6) is 0 Å². The first kappa shape index (κ1) is 12.8. The van der Waals surface area contributed by atoms with E-state index >= 15 is 0 Å². The Kier molecular flexibility index (Phi) is 3.53.